The molecule has 1 aliphatic heterocycles. The largest absolute Gasteiger partial charge is 0.361 e. The normalized spacial score (nSPS) is 16.8. The van der Waals surface area contributed by atoms with Crippen molar-refractivity contribution in [1.82, 2.24) is 20.5 Å². The average molecular weight is 384 g/mol. The number of hydrogen-bond acceptors (Lipinski definition) is 3. The van der Waals surface area contributed by atoms with Crippen molar-refractivity contribution in [1.29, 1.82) is 0 Å². The summed E-state index contributed by atoms with van der Waals surface area (Å²) in [6.07, 6.45) is 3.98. The van der Waals surface area contributed by atoms with Crippen LogP contribution >= 0.6 is 0 Å². The first-order valence-electron chi connectivity index (χ1n) is 9.89. The zero-order chi connectivity index (χ0) is 20.1. The minimum atomic E-state index is -0.619. The second-order valence-electron chi connectivity index (χ2n) is 7.67. The number of hydrogen-bond donors (Lipinski definition) is 3. The van der Waals surface area contributed by atoms with Gasteiger partial charge in [-0.15, -0.1) is 0 Å². The minimum Gasteiger partial charge on any atom is -0.361 e. The van der Waals surface area contributed by atoms with E-state index in [9.17, 15) is 14.4 Å². The lowest BCUT2D eigenvalue weighted by atomic mass is 10.1. The molecule has 0 aliphatic carbocycles. The molecule has 3 rings (SSSR count). The first-order chi connectivity index (χ1) is 13.5. The topological polar surface area (TPSA) is 94.3 Å². The number of aromatic nitrogens is 1. The van der Waals surface area contributed by atoms with Crippen molar-refractivity contribution in [3.05, 3.63) is 36.0 Å². The summed E-state index contributed by atoms with van der Waals surface area (Å²) in [7, 11) is 0. The lowest BCUT2D eigenvalue weighted by Gasteiger charge is -2.13. The van der Waals surface area contributed by atoms with Crippen LogP contribution in [0.1, 0.15) is 38.7 Å². The monoisotopic (exact) mass is 384 g/mol. The van der Waals surface area contributed by atoms with Crippen molar-refractivity contribution in [2.24, 2.45) is 5.92 Å². The Morgan fingerprint density at radius 3 is 2.82 bits per heavy atom. The molecule has 0 spiro atoms. The van der Waals surface area contributed by atoms with E-state index >= 15 is 0 Å². The molecule has 1 fully saturated rings. The fraction of sp³-hybridized carbons (Fsp3) is 0.476. The number of carbonyl (C=O) groups is 3. The number of imide groups is 1. The second kappa shape index (κ2) is 8.91. The predicted octanol–water partition coefficient (Wildman–Crippen LogP) is 2.57. The second-order valence-corrected chi connectivity index (χ2v) is 7.67. The van der Waals surface area contributed by atoms with Gasteiger partial charge in [-0.25, -0.2) is 4.79 Å². The predicted molar refractivity (Wildman–Crippen MR) is 108 cm³/mol. The van der Waals surface area contributed by atoms with Gasteiger partial charge in [0, 0.05) is 36.6 Å². The molecule has 7 nitrogen and oxygen atoms in total. The third-order valence-electron chi connectivity index (χ3n) is 5.09. The number of carbonyl (C=O) groups excluding carboxylic acids is 3. The summed E-state index contributed by atoms with van der Waals surface area (Å²) in [4.78, 5) is 41.1. The van der Waals surface area contributed by atoms with Crippen LogP contribution < -0.4 is 10.6 Å². The zero-order valence-corrected chi connectivity index (χ0v) is 16.5. The highest BCUT2D eigenvalue weighted by atomic mass is 16.2. The molecule has 1 saturated heterocycles. The van der Waals surface area contributed by atoms with Gasteiger partial charge in [-0.3, -0.25) is 14.5 Å². The molecule has 1 aromatic heterocycles. The van der Waals surface area contributed by atoms with Crippen molar-refractivity contribution in [2.75, 3.05) is 13.1 Å². The molecule has 150 valence electrons. The smallest absolute Gasteiger partial charge is 0.324 e. The van der Waals surface area contributed by atoms with Crippen LogP contribution in [0.2, 0.25) is 0 Å². The molecule has 28 heavy (non-hydrogen) atoms. The molecule has 2 aromatic rings. The van der Waals surface area contributed by atoms with E-state index < -0.39 is 6.04 Å². The van der Waals surface area contributed by atoms with Gasteiger partial charge in [0.15, 0.2) is 0 Å². The van der Waals surface area contributed by atoms with E-state index in [4.69, 9.17) is 0 Å². The summed E-state index contributed by atoms with van der Waals surface area (Å²) in [5.74, 6) is 0.196. The molecule has 2 heterocycles. The van der Waals surface area contributed by atoms with Gasteiger partial charge in [0.25, 0.3) is 5.91 Å². The van der Waals surface area contributed by atoms with Crippen molar-refractivity contribution >= 4 is 28.7 Å². The molecular weight excluding hydrogens is 356 g/mol. The summed E-state index contributed by atoms with van der Waals surface area (Å²) in [6, 6.07) is 6.95. The van der Waals surface area contributed by atoms with Crippen LogP contribution in [0, 0.1) is 5.92 Å². The van der Waals surface area contributed by atoms with Gasteiger partial charge >= 0.3 is 6.03 Å². The Morgan fingerprint density at radius 1 is 1.25 bits per heavy atom. The molecule has 1 atom stereocenters. The fourth-order valence-corrected chi connectivity index (χ4v) is 3.42. The number of nitrogens with one attached hydrogen (secondary N) is 3. The molecule has 3 N–H and O–H groups in total. The van der Waals surface area contributed by atoms with Gasteiger partial charge in [0.2, 0.25) is 5.91 Å². The van der Waals surface area contributed by atoms with Crippen LogP contribution in [0.3, 0.4) is 0 Å². The highest BCUT2D eigenvalue weighted by molar-refractivity contribution is 6.04. The number of fused-ring (bicyclic) bond motifs is 1. The van der Waals surface area contributed by atoms with Gasteiger partial charge in [0.1, 0.15) is 6.04 Å². The Bertz CT molecular complexity index is 858. The maximum atomic E-state index is 12.6. The Balaban J connectivity index is 1.49. The van der Waals surface area contributed by atoms with E-state index in [1.54, 1.807) is 0 Å². The summed E-state index contributed by atoms with van der Waals surface area (Å²) in [5.41, 5.74) is 2.11. The number of para-hydroxylation sites is 1. The standard InChI is InChI=1S/C21H28N4O3/c1-14(2)9-11-22-19(26)8-7-18-20(27)25(21(28)24-18)12-10-15-13-23-17-6-4-3-5-16(15)17/h3-6,13-14,18,23H,7-12H2,1-2H3,(H,22,26)(H,24,28). The minimum absolute atomic E-state index is 0.0834. The van der Waals surface area contributed by atoms with Gasteiger partial charge in [-0.1, -0.05) is 32.0 Å². The number of H-pyrrole nitrogens is 1. The van der Waals surface area contributed by atoms with Gasteiger partial charge in [-0.05, 0) is 36.8 Å². The molecular formula is C21H28N4O3. The Morgan fingerprint density at radius 2 is 2.04 bits per heavy atom. The Kier molecular flexibility index (Phi) is 6.34. The summed E-state index contributed by atoms with van der Waals surface area (Å²) in [5, 5.41) is 6.66. The fourth-order valence-electron chi connectivity index (χ4n) is 3.42. The van der Waals surface area contributed by atoms with Crippen LogP contribution in [0.5, 0.6) is 0 Å². The van der Waals surface area contributed by atoms with Crippen LogP contribution in [-0.2, 0) is 16.0 Å². The van der Waals surface area contributed by atoms with Crippen molar-refractivity contribution in [2.45, 2.75) is 45.6 Å². The van der Waals surface area contributed by atoms with Crippen LogP contribution in [0.4, 0.5) is 4.79 Å². The number of benzene rings is 1. The van der Waals surface area contributed by atoms with E-state index in [2.05, 4.69) is 29.5 Å². The maximum absolute atomic E-state index is 12.6. The van der Waals surface area contributed by atoms with E-state index in [-0.39, 0.29) is 24.3 Å². The Labute approximate surface area is 164 Å². The quantitative estimate of drug-likeness (QED) is 0.580. The van der Waals surface area contributed by atoms with Gasteiger partial charge in [-0.2, -0.15) is 0 Å². The average Bonchev–Trinajstić information content (AvgIpc) is 3.19. The number of nitrogens with zero attached hydrogens (tertiary/aromatic N) is 1. The molecule has 0 radical (unpaired) electrons. The third-order valence-corrected chi connectivity index (χ3v) is 5.09. The number of amides is 4. The van der Waals surface area contributed by atoms with E-state index in [0.717, 1.165) is 22.9 Å². The molecule has 1 unspecified atom stereocenters. The lowest BCUT2D eigenvalue weighted by molar-refractivity contribution is -0.127. The maximum Gasteiger partial charge on any atom is 0.324 e. The highest BCUT2D eigenvalue weighted by Crippen LogP contribution is 2.19. The van der Waals surface area contributed by atoms with Crippen LogP contribution in [-0.4, -0.2) is 46.9 Å². The summed E-state index contributed by atoms with van der Waals surface area (Å²) >= 11 is 0. The highest BCUT2D eigenvalue weighted by Gasteiger charge is 2.37. The van der Waals surface area contributed by atoms with Crippen LogP contribution in [0.15, 0.2) is 30.5 Å². The molecule has 0 saturated carbocycles. The van der Waals surface area contributed by atoms with Crippen molar-refractivity contribution in [3.63, 3.8) is 0 Å². The lowest BCUT2D eigenvalue weighted by Crippen LogP contribution is -2.34. The SMILES string of the molecule is CC(C)CCNC(=O)CCC1NC(=O)N(CCc2c[nH]c3ccccc23)C1=O. The molecule has 1 aromatic carbocycles. The molecule has 7 heteroatoms. The van der Waals surface area contributed by atoms with E-state index in [0.29, 0.717) is 31.8 Å². The molecule has 1 aliphatic rings. The number of urea groups is 1. The third kappa shape index (κ3) is 4.71. The number of aromatic amines is 1. The Hall–Kier alpha value is -2.83. The molecule has 0 bridgehead atoms. The first-order valence-corrected chi connectivity index (χ1v) is 9.89. The van der Waals surface area contributed by atoms with Gasteiger partial charge in [0.05, 0.1) is 0 Å². The van der Waals surface area contributed by atoms with E-state index in [1.165, 1.54) is 4.90 Å². The van der Waals surface area contributed by atoms with Crippen LogP contribution in [0.25, 0.3) is 10.9 Å². The summed E-state index contributed by atoms with van der Waals surface area (Å²) in [6.45, 7) is 5.16. The van der Waals surface area contributed by atoms with E-state index in [1.807, 2.05) is 30.5 Å². The first kappa shape index (κ1) is 19.9. The van der Waals surface area contributed by atoms with Crippen molar-refractivity contribution < 1.29 is 14.4 Å². The van der Waals surface area contributed by atoms with Crippen molar-refractivity contribution in [3.8, 4) is 0 Å². The number of rotatable bonds is 9. The van der Waals surface area contributed by atoms with Gasteiger partial charge < -0.3 is 15.6 Å². The zero-order valence-electron chi connectivity index (χ0n) is 16.5. The summed E-state index contributed by atoms with van der Waals surface area (Å²) < 4.78 is 0. The molecule has 4 amide bonds.